The molecule has 3 aromatic rings. The normalized spacial score (nSPS) is 15.3. The fourth-order valence-corrected chi connectivity index (χ4v) is 3.32. The van der Waals surface area contributed by atoms with Gasteiger partial charge in [-0.25, -0.2) is 9.97 Å². The molecule has 0 fully saturated rings. The SMILES string of the molecule is COc1ccc2cc1OCCCC(=O)NCCCNc1ncnc3[nH]c(O)c(c13)C=N2. The summed E-state index contributed by atoms with van der Waals surface area (Å²) < 4.78 is 11.2. The number of rotatable bonds is 1. The molecule has 0 atom stereocenters. The van der Waals surface area contributed by atoms with E-state index in [2.05, 4.69) is 30.6 Å². The molecule has 10 nitrogen and oxygen atoms in total. The van der Waals surface area contributed by atoms with Crippen LogP contribution in [0.15, 0.2) is 29.5 Å². The van der Waals surface area contributed by atoms with Crippen LogP contribution in [0.4, 0.5) is 11.5 Å². The molecule has 0 spiro atoms. The fourth-order valence-electron chi connectivity index (χ4n) is 3.32. The van der Waals surface area contributed by atoms with Crippen molar-refractivity contribution >= 4 is 34.7 Å². The van der Waals surface area contributed by atoms with Gasteiger partial charge in [0.1, 0.15) is 17.8 Å². The van der Waals surface area contributed by atoms with E-state index in [9.17, 15) is 9.90 Å². The van der Waals surface area contributed by atoms with Crippen LogP contribution in [0.2, 0.25) is 0 Å². The molecule has 4 rings (SSSR count). The number of amides is 1. The number of aliphatic imine (C=N–C) groups is 1. The van der Waals surface area contributed by atoms with Crippen LogP contribution in [0.1, 0.15) is 24.8 Å². The third-order valence-electron chi connectivity index (χ3n) is 4.87. The predicted molar refractivity (Wildman–Crippen MR) is 117 cm³/mol. The van der Waals surface area contributed by atoms with Gasteiger partial charge in [0.05, 0.1) is 30.4 Å². The van der Waals surface area contributed by atoms with Crippen LogP contribution >= 0.6 is 0 Å². The van der Waals surface area contributed by atoms with Gasteiger partial charge in [-0.2, -0.15) is 0 Å². The predicted octanol–water partition coefficient (Wildman–Crippen LogP) is 2.51. The summed E-state index contributed by atoms with van der Waals surface area (Å²) in [5.41, 5.74) is 1.60. The van der Waals surface area contributed by atoms with Gasteiger partial charge in [0.2, 0.25) is 5.91 Å². The smallest absolute Gasteiger partial charge is 0.220 e. The molecule has 2 bridgehead atoms. The molecule has 10 heteroatoms. The molecule has 4 N–H and O–H groups in total. The number of benzene rings is 1. The molecular formula is C21H24N6O4. The van der Waals surface area contributed by atoms with Crippen LogP contribution in [-0.4, -0.2) is 59.0 Å². The van der Waals surface area contributed by atoms with E-state index in [1.54, 1.807) is 31.5 Å². The Kier molecular flexibility index (Phi) is 6.16. The average molecular weight is 424 g/mol. The van der Waals surface area contributed by atoms with E-state index in [4.69, 9.17) is 9.47 Å². The van der Waals surface area contributed by atoms with Crippen LogP contribution in [0.3, 0.4) is 0 Å². The molecule has 1 amide bonds. The molecule has 0 saturated heterocycles. The molecular weight excluding hydrogens is 400 g/mol. The molecule has 1 aliphatic heterocycles. The lowest BCUT2D eigenvalue weighted by atomic mass is 10.2. The number of ether oxygens (including phenoxy) is 2. The highest BCUT2D eigenvalue weighted by molar-refractivity contribution is 6.06. The van der Waals surface area contributed by atoms with E-state index < -0.39 is 0 Å². The Labute approximate surface area is 178 Å². The first kappa shape index (κ1) is 20.5. The highest BCUT2D eigenvalue weighted by Gasteiger charge is 2.15. The number of aromatic amines is 1. The number of aromatic nitrogens is 3. The Morgan fingerprint density at radius 1 is 1.16 bits per heavy atom. The zero-order chi connectivity index (χ0) is 21.6. The molecule has 3 heterocycles. The number of hydrogen-bond donors (Lipinski definition) is 4. The van der Waals surface area contributed by atoms with Crippen molar-refractivity contribution in [3.63, 3.8) is 0 Å². The summed E-state index contributed by atoms with van der Waals surface area (Å²) in [6.45, 7) is 1.52. The van der Waals surface area contributed by atoms with Crippen molar-refractivity contribution in [1.82, 2.24) is 20.3 Å². The van der Waals surface area contributed by atoms with Gasteiger partial charge in [0, 0.05) is 31.8 Å². The van der Waals surface area contributed by atoms with E-state index in [0.717, 1.165) is 6.42 Å². The van der Waals surface area contributed by atoms with E-state index >= 15 is 0 Å². The fraction of sp³-hybridized carbons (Fsp3) is 0.333. The average Bonchev–Trinajstić information content (AvgIpc) is 3.10. The molecule has 0 radical (unpaired) electrons. The van der Waals surface area contributed by atoms with Crippen LogP contribution in [-0.2, 0) is 4.79 Å². The zero-order valence-electron chi connectivity index (χ0n) is 17.1. The van der Waals surface area contributed by atoms with Gasteiger partial charge in [-0.1, -0.05) is 0 Å². The lowest BCUT2D eigenvalue weighted by molar-refractivity contribution is -0.121. The second kappa shape index (κ2) is 9.33. The summed E-state index contributed by atoms with van der Waals surface area (Å²) in [5, 5.41) is 17.2. The molecule has 0 aliphatic carbocycles. The zero-order valence-corrected chi connectivity index (χ0v) is 17.1. The Morgan fingerprint density at radius 2 is 2.03 bits per heavy atom. The highest BCUT2D eigenvalue weighted by atomic mass is 16.5. The highest BCUT2D eigenvalue weighted by Crippen LogP contribution is 2.33. The van der Waals surface area contributed by atoms with Gasteiger partial charge >= 0.3 is 0 Å². The number of methoxy groups -OCH3 is 1. The molecule has 0 saturated carbocycles. The van der Waals surface area contributed by atoms with E-state index in [1.807, 2.05) is 0 Å². The maximum absolute atomic E-state index is 12.0. The minimum Gasteiger partial charge on any atom is -0.494 e. The molecule has 162 valence electrons. The van der Waals surface area contributed by atoms with Crippen LogP contribution in [0.5, 0.6) is 17.4 Å². The largest absolute Gasteiger partial charge is 0.494 e. The summed E-state index contributed by atoms with van der Waals surface area (Å²) in [6, 6.07) is 5.30. The number of hydrogen-bond acceptors (Lipinski definition) is 8. The number of H-pyrrole nitrogens is 1. The molecule has 31 heavy (non-hydrogen) atoms. The minimum absolute atomic E-state index is 0.0164. The first-order valence-corrected chi connectivity index (χ1v) is 10.1. The molecule has 2 aromatic heterocycles. The summed E-state index contributed by atoms with van der Waals surface area (Å²) in [6.07, 6.45) is 4.67. The lowest BCUT2D eigenvalue weighted by Gasteiger charge is -2.12. The number of aromatic hydroxyl groups is 1. The lowest BCUT2D eigenvalue weighted by Crippen LogP contribution is -2.26. The van der Waals surface area contributed by atoms with Gasteiger partial charge in [0.25, 0.3) is 0 Å². The maximum Gasteiger partial charge on any atom is 0.220 e. The van der Waals surface area contributed by atoms with E-state index in [-0.39, 0.29) is 11.8 Å². The second-order valence-electron chi connectivity index (χ2n) is 7.01. The Morgan fingerprint density at radius 3 is 2.90 bits per heavy atom. The summed E-state index contributed by atoms with van der Waals surface area (Å²) >= 11 is 0. The quantitative estimate of drug-likeness (QED) is 0.472. The standard InChI is InChI=1S/C21H24N6O4/c1-30-15-6-5-13-10-16(15)31-9-2-4-17(28)22-7-3-8-23-19-18-14(11-24-13)21(29)27-20(18)26-12-25-19/h5-6,10-12,29H,2-4,7-9H2,1H3,(H,22,28)(H2,23,25,26,27). The number of fused-ring (bicyclic) bond motifs is 2. The van der Waals surface area contributed by atoms with Crippen molar-refractivity contribution in [3.05, 3.63) is 30.1 Å². The Bertz CT molecular complexity index is 1110. The summed E-state index contributed by atoms with van der Waals surface area (Å²) in [4.78, 5) is 27.9. The van der Waals surface area contributed by atoms with Gasteiger partial charge < -0.3 is 30.2 Å². The number of carbonyl (C=O) groups excluding carboxylic acids is 1. The first-order valence-electron chi connectivity index (χ1n) is 10.1. The summed E-state index contributed by atoms with van der Waals surface area (Å²) in [5.74, 6) is 1.63. The second-order valence-corrected chi connectivity index (χ2v) is 7.01. The third kappa shape index (κ3) is 4.68. The number of nitrogens with one attached hydrogen (secondary N) is 3. The topological polar surface area (TPSA) is 134 Å². The van der Waals surface area contributed by atoms with Gasteiger partial charge in [0.15, 0.2) is 17.4 Å². The monoisotopic (exact) mass is 424 g/mol. The minimum atomic E-state index is -0.0473. The first-order chi connectivity index (χ1) is 15.2. The Balaban J connectivity index is 1.71. The molecule has 0 unspecified atom stereocenters. The number of carbonyl (C=O) groups is 1. The van der Waals surface area contributed by atoms with Crippen LogP contribution in [0.25, 0.3) is 11.0 Å². The van der Waals surface area contributed by atoms with Crippen LogP contribution in [0, 0.1) is 0 Å². The van der Waals surface area contributed by atoms with Crippen molar-refractivity contribution < 1.29 is 19.4 Å². The van der Waals surface area contributed by atoms with E-state index in [1.165, 1.54) is 6.33 Å². The third-order valence-corrected chi connectivity index (χ3v) is 4.87. The Hall–Kier alpha value is -3.82. The summed E-state index contributed by atoms with van der Waals surface area (Å²) in [7, 11) is 1.57. The maximum atomic E-state index is 12.0. The van der Waals surface area contributed by atoms with E-state index in [0.29, 0.717) is 72.1 Å². The molecule has 1 aromatic carbocycles. The van der Waals surface area contributed by atoms with Crippen molar-refractivity contribution in [2.24, 2.45) is 4.99 Å². The molecule has 1 aliphatic rings. The van der Waals surface area contributed by atoms with Crippen molar-refractivity contribution in [1.29, 1.82) is 0 Å². The van der Waals surface area contributed by atoms with Crippen molar-refractivity contribution in [3.8, 4) is 17.4 Å². The number of anilines is 1. The van der Waals surface area contributed by atoms with Crippen molar-refractivity contribution in [2.45, 2.75) is 19.3 Å². The van der Waals surface area contributed by atoms with Gasteiger partial charge in [-0.05, 0) is 25.0 Å². The van der Waals surface area contributed by atoms with Crippen LogP contribution < -0.4 is 20.1 Å². The number of nitrogens with zero attached hydrogens (tertiary/aromatic N) is 3. The van der Waals surface area contributed by atoms with Gasteiger partial charge in [-0.15, -0.1) is 0 Å². The van der Waals surface area contributed by atoms with Crippen molar-refractivity contribution in [2.75, 3.05) is 32.1 Å². The van der Waals surface area contributed by atoms with Gasteiger partial charge in [-0.3, -0.25) is 9.79 Å².